The molecule has 0 bridgehead atoms. The van der Waals surface area contributed by atoms with Gasteiger partial charge in [0.05, 0.1) is 5.02 Å². The van der Waals surface area contributed by atoms with E-state index in [2.05, 4.69) is 0 Å². The molecule has 7 heteroatoms. The fourth-order valence-electron chi connectivity index (χ4n) is 0.707. The molecule has 1 aromatic rings. The zero-order valence-corrected chi connectivity index (χ0v) is 7.90. The maximum absolute atomic E-state index is 12.5. The lowest BCUT2D eigenvalue weighted by Gasteiger charge is -2.07. The van der Waals surface area contributed by atoms with Gasteiger partial charge in [0.2, 0.25) is 0 Å². The van der Waals surface area contributed by atoms with Gasteiger partial charge >= 0.3 is 5.51 Å². The normalized spacial score (nSPS) is 11.9. The van der Waals surface area contributed by atoms with Gasteiger partial charge in [0.1, 0.15) is 0 Å². The van der Waals surface area contributed by atoms with Gasteiger partial charge in [-0.05, 0) is 23.9 Å². The van der Waals surface area contributed by atoms with E-state index >= 15 is 0 Å². The fourth-order valence-corrected chi connectivity index (χ4v) is 1.54. The predicted octanol–water partition coefficient (Wildman–Crippen LogP) is 4.23. The first-order valence-electron chi connectivity index (χ1n) is 3.20. The number of halogens is 6. The average Bonchev–Trinajstić information content (AvgIpc) is 1.97. The molecule has 0 spiro atoms. The Bertz CT molecular complexity index is 349. The second kappa shape index (κ2) is 3.94. The topological polar surface area (TPSA) is 0 Å². The average molecular weight is 249 g/mol. The summed E-state index contributed by atoms with van der Waals surface area (Å²) in [6, 6.07) is 0.917. The Morgan fingerprint density at radius 2 is 1.57 bits per heavy atom. The molecule has 0 aliphatic rings. The van der Waals surface area contributed by atoms with Crippen LogP contribution in [0.15, 0.2) is 17.0 Å². The van der Waals surface area contributed by atoms with Crippen LogP contribution in [-0.4, -0.2) is 5.51 Å². The number of rotatable bonds is 1. The zero-order valence-electron chi connectivity index (χ0n) is 6.33. The van der Waals surface area contributed by atoms with Crippen molar-refractivity contribution in [2.75, 3.05) is 0 Å². The Kier molecular flexibility index (Phi) is 3.26. The van der Waals surface area contributed by atoms with Crippen LogP contribution in [0, 0.1) is 11.6 Å². The summed E-state index contributed by atoms with van der Waals surface area (Å²) in [6.07, 6.45) is 0. The quantitative estimate of drug-likeness (QED) is 0.407. The van der Waals surface area contributed by atoms with Crippen molar-refractivity contribution in [1.82, 2.24) is 0 Å². The Morgan fingerprint density at radius 1 is 1.07 bits per heavy atom. The van der Waals surface area contributed by atoms with Crippen molar-refractivity contribution in [3.63, 3.8) is 0 Å². The Morgan fingerprint density at radius 3 is 2.07 bits per heavy atom. The second-order valence-electron chi connectivity index (χ2n) is 2.24. The molecule has 0 radical (unpaired) electrons. The molecule has 0 nitrogen and oxygen atoms in total. The van der Waals surface area contributed by atoms with Crippen molar-refractivity contribution in [3.8, 4) is 0 Å². The summed E-state index contributed by atoms with van der Waals surface area (Å²) in [5.41, 5.74) is -4.58. The number of hydrogen-bond donors (Lipinski definition) is 0. The van der Waals surface area contributed by atoms with E-state index in [1.165, 1.54) is 0 Å². The highest BCUT2D eigenvalue weighted by Gasteiger charge is 2.30. The lowest BCUT2D eigenvalue weighted by atomic mass is 10.3. The van der Waals surface area contributed by atoms with Crippen LogP contribution in [-0.2, 0) is 0 Å². The van der Waals surface area contributed by atoms with Crippen molar-refractivity contribution in [2.45, 2.75) is 10.4 Å². The number of benzene rings is 1. The molecule has 0 saturated carbocycles. The molecule has 78 valence electrons. The summed E-state index contributed by atoms with van der Waals surface area (Å²) in [4.78, 5) is -0.557. The molecule has 0 aliphatic carbocycles. The van der Waals surface area contributed by atoms with E-state index in [0.29, 0.717) is 12.1 Å². The minimum atomic E-state index is -4.58. The Balaban J connectivity index is 3.04. The molecule has 1 rings (SSSR count). The maximum Gasteiger partial charge on any atom is 0.446 e. The van der Waals surface area contributed by atoms with Crippen LogP contribution in [0.2, 0.25) is 5.02 Å². The third-order valence-electron chi connectivity index (χ3n) is 1.20. The molecule has 0 saturated heterocycles. The number of thioether (sulfide) groups is 1. The van der Waals surface area contributed by atoms with Crippen LogP contribution in [0.3, 0.4) is 0 Å². The van der Waals surface area contributed by atoms with Crippen LogP contribution in [0.4, 0.5) is 22.0 Å². The van der Waals surface area contributed by atoms with E-state index in [9.17, 15) is 22.0 Å². The van der Waals surface area contributed by atoms with Crippen LogP contribution in [0.1, 0.15) is 0 Å². The first kappa shape index (κ1) is 11.6. The van der Waals surface area contributed by atoms with Gasteiger partial charge in [0.25, 0.3) is 0 Å². The monoisotopic (exact) mass is 248 g/mol. The molecule has 0 atom stereocenters. The summed E-state index contributed by atoms with van der Waals surface area (Å²) >= 11 is 4.69. The van der Waals surface area contributed by atoms with Crippen LogP contribution >= 0.6 is 23.4 Å². The fraction of sp³-hybridized carbons (Fsp3) is 0.143. The molecular weight excluding hydrogens is 247 g/mol. The van der Waals surface area contributed by atoms with Crippen molar-refractivity contribution in [1.29, 1.82) is 0 Å². The van der Waals surface area contributed by atoms with Gasteiger partial charge in [-0.25, -0.2) is 8.78 Å². The molecule has 0 aliphatic heterocycles. The first-order valence-corrected chi connectivity index (χ1v) is 4.39. The van der Waals surface area contributed by atoms with Crippen molar-refractivity contribution < 1.29 is 22.0 Å². The Labute approximate surface area is 85.1 Å². The van der Waals surface area contributed by atoms with E-state index in [4.69, 9.17) is 11.6 Å². The summed E-state index contributed by atoms with van der Waals surface area (Å²) in [6.45, 7) is 0. The molecule has 1 aromatic carbocycles. The molecule has 0 amide bonds. The summed E-state index contributed by atoms with van der Waals surface area (Å²) in [5.74, 6) is -2.64. The molecule has 0 aromatic heterocycles. The summed E-state index contributed by atoms with van der Waals surface area (Å²) in [7, 11) is 0. The minimum absolute atomic E-state index is 0.413. The molecule has 0 unspecified atom stereocenters. The first-order chi connectivity index (χ1) is 6.29. The van der Waals surface area contributed by atoms with Crippen molar-refractivity contribution >= 4 is 23.4 Å². The smallest absolute Gasteiger partial charge is 0.204 e. The van der Waals surface area contributed by atoms with E-state index in [0.717, 1.165) is 0 Å². The lowest BCUT2D eigenvalue weighted by molar-refractivity contribution is -0.0328. The standard InChI is InChI=1S/C7H2ClF5S/c8-3-1-4(9)5(10)2-6(3)14-7(11,12)13/h1-2H. The highest BCUT2D eigenvalue weighted by molar-refractivity contribution is 8.00. The minimum Gasteiger partial charge on any atom is -0.204 e. The van der Waals surface area contributed by atoms with Gasteiger partial charge in [-0.2, -0.15) is 13.2 Å². The van der Waals surface area contributed by atoms with E-state index in [1.807, 2.05) is 0 Å². The number of alkyl halides is 3. The van der Waals surface area contributed by atoms with Gasteiger partial charge in [-0.15, -0.1) is 0 Å². The van der Waals surface area contributed by atoms with Gasteiger partial charge < -0.3 is 0 Å². The van der Waals surface area contributed by atoms with Crippen LogP contribution < -0.4 is 0 Å². The molecular formula is C7H2ClF5S. The molecule has 0 fully saturated rings. The van der Waals surface area contributed by atoms with Gasteiger partial charge in [-0.1, -0.05) is 11.6 Å². The lowest BCUT2D eigenvalue weighted by Crippen LogP contribution is -2.00. The van der Waals surface area contributed by atoms with E-state index < -0.39 is 38.8 Å². The Hall–Kier alpha value is -0.490. The summed E-state index contributed by atoms with van der Waals surface area (Å²) < 4.78 is 60.5. The van der Waals surface area contributed by atoms with Gasteiger partial charge in [0.15, 0.2) is 11.6 Å². The predicted molar refractivity (Wildman–Crippen MR) is 43.3 cm³/mol. The van der Waals surface area contributed by atoms with Crippen LogP contribution in [0.25, 0.3) is 0 Å². The van der Waals surface area contributed by atoms with Gasteiger partial charge in [0, 0.05) is 4.90 Å². The van der Waals surface area contributed by atoms with Crippen LogP contribution in [0.5, 0.6) is 0 Å². The molecule has 0 heterocycles. The maximum atomic E-state index is 12.5. The number of hydrogen-bond acceptors (Lipinski definition) is 1. The van der Waals surface area contributed by atoms with E-state index in [1.54, 1.807) is 0 Å². The molecule has 0 N–H and O–H groups in total. The largest absolute Gasteiger partial charge is 0.446 e. The zero-order chi connectivity index (χ0) is 10.9. The highest BCUT2D eigenvalue weighted by Crippen LogP contribution is 2.40. The third-order valence-corrected chi connectivity index (χ3v) is 2.41. The van der Waals surface area contributed by atoms with Gasteiger partial charge in [-0.3, -0.25) is 0 Å². The van der Waals surface area contributed by atoms with Crippen molar-refractivity contribution in [3.05, 3.63) is 28.8 Å². The molecule has 14 heavy (non-hydrogen) atoms. The van der Waals surface area contributed by atoms with E-state index in [-0.39, 0.29) is 0 Å². The highest BCUT2D eigenvalue weighted by atomic mass is 35.5. The van der Waals surface area contributed by atoms with Crippen molar-refractivity contribution in [2.24, 2.45) is 0 Å². The summed E-state index contributed by atoms with van der Waals surface area (Å²) in [5, 5.41) is -0.466. The SMILES string of the molecule is Fc1cc(Cl)c(SC(F)(F)F)cc1F. The third kappa shape index (κ3) is 3.02. The second-order valence-corrected chi connectivity index (χ2v) is 3.76.